The van der Waals surface area contributed by atoms with Crippen LogP contribution in [0.1, 0.15) is 17.4 Å². The smallest absolute Gasteiger partial charge is 0.387 e. The van der Waals surface area contributed by atoms with Crippen molar-refractivity contribution >= 4 is 41.3 Å². The third kappa shape index (κ3) is 8.17. The average Bonchev–Trinajstić information content (AvgIpc) is 3.14. The molecule has 0 aliphatic heterocycles. The van der Waals surface area contributed by atoms with Crippen molar-refractivity contribution in [3.05, 3.63) is 46.2 Å². The fraction of sp³-hybridized carbons (Fsp3) is 0.421. The summed E-state index contributed by atoms with van der Waals surface area (Å²) in [5, 5.41) is 8.54. The molecular formula is C19H26F2IN3O2S. The number of ether oxygens (including phenoxy) is 2. The van der Waals surface area contributed by atoms with Crippen molar-refractivity contribution in [2.75, 3.05) is 20.7 Å². The summed E-state index contributed by atoms with van der Waals surface area (Å²) in [4.78, 5) is 5.56. The van der Waals surface area contributed by atoms with Crippen LogP contribution in [-0.4, -0.2) is 33.3 Å². The van der Waals surface area contributed by atoms with E-state index >= 15 is 0 Å². The molecule has 2 aromatic rings. The molecule has 0 aliphatic carbocycles. The van der Waals surface area contributed by atoms with E-state index in [2.05, 4.69) is 44.8 Å². The van der Waals surface area contributed by atoms with Gasteiger partial charge in [0.2, 0.25) is 0 Å². The van der Waals surface area contributed by atoms with Gasteiger partial charge in [0.25, 0.3) is 0 Å². The molecule has 1 heterocycles. The lowest BCUT2D eigenvalue weighted by atomic mass is 10.1. The second-order valence-electron chi connectivity index (χ2n) is 6.06. The van der Waals surface area contributed by atoms with Gasteiger partial charge in [0, 0.05) is 25.0 Å². The van der Waals surface area contributed by atoms with E-state index in [9.17, 15) is 8.78 Å². The SMILES string of the molecule is CN=C(NCc1ccc(OC)c(OC(F)F)c1)NCC(C)Cc1cccs1.I. The molecule has 5 nitrogen and oxygen atoms in total. The van der Waals surface area contributed by atoms with Gasteiger partial charge >= 0.3 is 6.61 Å². The van der Waals surface area contributed by atoms with Crippen molar-refractivity contribution in [1.82, 2.24) is 10.6 Å². The van der Waals surface area contributed by atoms with Crippen LogP contribution in [-0.2, 0) is 13.0 Å². The first-order chi connectivity index (χ1) is 13.0. The van der Waals surface area contributed by atoms with Crippen molar-refractivity contribution in [3.63, 3.8) is 0 Å². The lowest BCUT2D eigenvalue weighted by molar-refractivity contribution is -0.0512. The lowest BCUT2D eigenvalue weighted by Gasteiger charge is -2.16. The summed E-state index contributed by atoms with van der Waals surface area (Å²) in [5.41, 5.74) is 0.779. The molecule has 0 amide bonds. The highest BCUT2D eigenvalue weighted by Gasteiger charge is 2.12. The Morgan fingerprint density at radius 2 is 2.00 bits per heavy atom. The summed E-state index contributed by atoms with van der Waals surface area (Å²) in [6.45, 7) is 0.473. The molecule has 1 aromatic carbocycles. The number of rotatable bonds is 9. The molecule has 0 saturated heterocycles. The number of hydrogen-bond acceptors (Lipinski definition) is 4. The lowest BCUT2D eigenvalue weighted by Crippen LogP contribution is -2.39. The van der Waals surface area contributed by atoms with Crippen LogP contribution in [0.5, 0.6) is 11.5 Å². The Hall–Kier alpha value is -1.62. The Balaban J connectivity index is 0.00000392. The van der Waals surface area contributed by atoms with E-state index in [4.69, 9.17) is 4.74 Å². The molecule has 0 radical (unpaired) electrons. The number of alkyl halides is 2. The Morgan fingerprint density at radius 3 is 2.61 bits per heavy atom. The highest BCUT2D eigenvalue weighted by molar-refractivity contribution is 14.0. The number of nitrogens with one attached hydrogen (secondary N) is 2. The van der Waals surface area contributed by atoms with Gasteiger partial charge in [-0.15, -0.1) is 35.3 Å². The van der Waals surface area contributed by atoms with Gasteiger partial charge in [-0.05, 0) is 41.5 Å². The predicted octanol–water partition coefficient (Wildman–Crippen LogP) is 4.52. The molecule has 0 spiro atoms. The van der Waals surface area contributed by atoms with E-state index in [1.165, 1.54) is 18.1 Å². The Kier molecular flexibility index (Phi) is 11.1. The topological polar surface area (TPSA) is 54.9 Å². The highest BCUT2D eigenvalue weighted by Crippen LogP contribution is 2.29. The maximum Gasteiger partial charge on any atom is 0.387 e. The maximum absolute atomic E-state index is 12.5. The number of halogens is 3. The Morgan fingerprint density at radius 1 is 1.21 bits per heavy atom. The van der Waals surface area contributed by atoms with Gasteiger partial charge in [0.05, 0.1) is 7.11 Å². The maximum atomic E-state index is 12.5. The van der Waals surface area contributed by atoms with Gasteiger partial charge in [0.15, 0.2) is 17.5 Å². The number of benzene rings is 1. The van der Waals surface area contributed by atoms with E-state index in [1.807, 2.05) is 0 Å². The Labute approximate surface area is 185 Å². The molecular weight excluding hydrogens is 499 g/mol. The van der Waals surface area contributed by atoms with E-state index < -0.39 is 6.61 Å². The minimum absolute atomic E-state index is 0. The number of hydrogen-bond donors (Lipinski definition) is 2. The van der Waals surface area contributed by atoms with Crippen molar-refractivity contribution in [3.8, 4) is 11.5 Å². The number of guanidine groups is 1. The van der Waals surface area contributed by atoms with Crippen LogP contribution in [0.15, 0.2) is 40.7 Å². The molecule has 2 N–H and O–H groups in total. The zero-order valence-corrected chi connectivity index (χ0v) is 19.2. The van der Waals surface area contributed by atoms with Crippen LogP contribution in [0.3, 0.4) is 0 Å². The van der Waals surface area contributed by atoms with E-state index in [-0.39, 0.29) is 35.5 Å². The quantitative estimate of drug-likeness (QED) is 0.287. The molecule has 2 rings (SSSR count). The largest absolute Gasteiger partial charge is 0.493 e. The van der Waals surface area contributed by atoms with Crippen molar-refractivity contribution in [2.24, 2.45) is 10.9 Å². The molecule has 28 heavy (non-hydrogen) atoms. The first kappa shape index (κ1) is 24.4. The fourth-order valence-electron chi connectivity index (χ4n) is 2.54. The second kappa shape index (κ2) is 12.8. The summed E-state index contributed by atoms with van der Waals surface area (Å²) < 4.78 is 34.6. The number of aliphatic imine (C=N–C) groups is 1. The first-order valence-corrected chi connectivity index (χ1v) is 9.48. The van der Waals surface area contributed by atoms with E-state index in [0.29, 0.717) is 18.4 Å². The summed E-state index contributed by atoms with van der Waals surface area (Å²) in [6, 6.07) is 9.12. The predicted molar refractivity (Wildman–Crippen MR) is 120 cm³/mol. The van der Waals surface area contributed by atoms with Crippen LogP contribution < -0.4 is 20.1 Å². The summed E-state index contributed by atoms with van der Waals surface area (Å²) in [6.07, 6.45) is 1.01. The summed E-state index contributed by atoms with van der Waals surface area (Å²) in [7, 11) is 3.10. The Bertz CT molecular complexity index is 730. The van der Waals surface area contributed by atoms with E-state index in [0.717, 1.165) is 18.5 Å². The standard InChI is InChI=1S/C19H25F2N3O2S.HI/c1-13(9-15-5-4-8-27-15)11-23-19(22-2)24-12-14-6-7-16(25-3)17(10-14)26-18(20)21;/h4-8,10,13,18H,9,11-12H2,1-3H3,(H2,22,23,24);1H. The third-order valence-electron chi connectivity index (χ3n) is 3.88. The molecule has 1 aromatic heterocycles. The normalized spacial score (nSPS) is 12.3. The van der Waals surface area contributed by atoms with Crippen LogP contribution >= 0.6 is 35.3 Å². The van der Waals surface area contributed by atoms with Crippen molar-refractivity contribution in [2.45, 2.75) is 26.5 Å². The van der Waals surface area contributed by atoms with Gasteiger partial charge in [-0.1, -0.05) is 19.1 Å². The highest BCUT2D eigenvalue weighted by atomic mass is 127. The minimum atomic E-state index is -2.90. The van der Waals surface area contributed by atoms with Gasteiger partial charge in [-0.2, -0.15) is 8.78 Å². The number of nitrogens with zero attached hydrogens (tertiary/aromatic N) is 1. The second-order valence-corrected chi connectivity index (χ2v) is 7.09. The third-order valence-corrected chi connectivity index (χ3v) is 4.77. The number of methoxy groups -OCH3 is 1. The molecule has 156 valence electrons. The van der Waals surface area contributed by atoms with Crippen molar-refractivity contribution in [1.29, 1.82) is 0 Å². The zero-order chi connectivity index (χ0) is 19.6. The summed E-state index contributed by atoms with van der Waals surface area (Å²) >= 11 is 1.76. The molecule has 9 heteroatoms. The van der Waals surface area contributed by atoms with Crippen LogP contribution in [0.2, 0.25) is 0 Å². The molecule has 1 atom stereocenters. The van der Waals surface area contributed by atoms with Crippen LogP contribution in [0, 0.1) is 5.92 Å². The number of thiophene rings is 1. The van der Waals surface area contributed by atoms with E-state index in [1.54, 1.807) is 30.5 Å². The molecule has 0 saturated carbocycles. The van der Waals surface area contributed by atoms with Crippen molar-refractivity contribution < 1.29 is 18.3 Å². The van der Waals surface area contributed by atoms with Crippen LogP contribution in [0.4, 0.5) is 8.78 Å². The monoisotopic (exact) mass is 525 g/mol. The van der Waals surface area contributed by atoms with Crippen LogP contribution in [0.25, 0.3) is 0 Å². The first-order valence-electron chi connectivity index (χ1n) is 8.60. The average molecular weight is 525 g/mol. The van der Waals surface area contributed by atoms with Gasteiger partial charge in [-0.25, -0.2) is 0 Å². The van der Waals surface area contributed by atoms with Gasteiger partial charge < -0.3 is 20.1 Å². The molecule has 0 fully saturated rings. The minimum Gasteiger partial charge on any atom is -0.493 e. The fourth-order valence-corrected chi connectivity index (χ4v) is 3.41. The molecule has 0 aliphatic rings. The zero-order valence-electron chi connectivity index (χ0n) is 16.1. The summed E-state index contributed by atoms with van der Waals surface area (Å²) in [5.74, 6) is 1.39. The van der Waals surface area contributed by atoms with Gasteiger partial charge in [0.1, 0.15) is 0 Å². The van der Waals surface area contributed by atoms with Gasteiger partial charge in [-0.3, -0.25) is 4.99 Å². The molecule has 0 bridgehead atoms. The molecule has 1 unspecified atom stereocenters.